The molecular weight excluding hydrogens is 217 g/mol. The van der Waals surface area contributed by atoms with Gasteiger partial charge < -0.3 is 4.90 Å². The van der Waals surface area contributed by atoms with E-state index in [1.54, 1.807) is 25.1 Å². The maximum Gasteiger partial charge on any atom is 0.226 e. The molecule has 3 heteroatoms. The van der Waals surface area contributed by atoms with Crippen LogP contribution >= 0.6 is 0 Å². The van der Waals surface area contributed by atoms with Gasteiger partial charge in [0.05, 0.1) is 6.42 Å². The van der Waals surface area contributed by atoms with Crippen molar-refractivity contribution in [3.63, 3.8) is 0 Å². The monoisotopic (exact) mass is 231 g/mol. The lowest BCUT2D eigenvalue weighted by atomic mass is 10.0. The normalized spacial score (nSPS) is 10.5. The molecule has 2 aromatic rings. The average molecular weight is 231 g/mol. The topological polar surface area (TPSA) is 20.3 Å². The molecule has 0 aliphatic rings. The van der Waals surface area contributed by atoms with Crippen LogP contribution in [0.1, 0.15) is 5.56 Å². The van der Waals surface area contributed by atoms with Gasteiger partial charge >= 0.3 is 0 Å². The number of hydrogen-bond acceptors (Lipinski definition) is 1. The van der Waals surface area contributed by atoms with Crippen molar-refractivity contribution in [2.75, 3.05) is 14.1 Å². The van der Waals surface area contributed by atoms with Gasteiger partial charge in [-0.2, -0.15) is 0 Å². The number of carbonyl (C=O) groups excluding carboxylic acids is 1. The van der Waals surface area contributed by atoms with E-state index in [4.69, 9.17) is 0 Å². The van der Waals surface area contributed by atoms with E-state index in [9.17, 15) is 9.18 Å². The van der Waals surface area contributed by atoms with Gasteiger partial charge in [0.25, 0.3) is 0 Å². The van der Waals surface area contributed by atoms with Gasteiger partial charge in [0.2, 0.25) is 5.91 Å². The fraction of sp³-hybridized carbons (Fsp3) is 0.214. The number of halogens is 1. The third-order valence-corrected chi connectivity index (χ3v) is 2.77. The fourth-order valence-electron chi connectivity index (χ4n) is 1.80. The minimum absolute atomic E-state index is 0.0434. The number of rotatable bonds is 2. The van der Waals surface area contributed by atoms with E-state index in [0.29, 0.717) is 6.42 Å². The first-order valence-electron chi connectivity index (χ1n) is 5.45. The Morgan fingerprint density at radius 1 is 1.24 bits per heavy atom. The van der Waals surface area contributed by atoms with Gasteiger partial charge in [-0.05, 0) is 28.5 Å². The Bertz CT molecular complexity index is 563. The van der Waals surface area contributed by atoms with Crippen LogP contribution in [-0.2, 0) is 11.2 Å². The van der Waals surface area contributed by atoms with Crippen LogP contribution in [0.5, 0.6) is 0 Å². The van der Waals surface area contributed by atoms with Gasteiger partial charge in [0, 0.05) is 14.1 Å². The van der Waals surface area contributed by atoms with Crippen molar-refractivity contribution in [2.45, 2.75) is 6.42 Å². The van der Waals surface area contributed by atoms with Crippen molar-refractivity contribution in [3.8, 4) is 0 Å². The molecule has 17 heavy (non-hydrogen) atoms. The number of hydrogen-bond donors (Lipinski definition) is 0. The van der Waals surface area contributed by atoms with Gasteiger partial charge in [-0.15, -0.1) is 0 Å². The fourth-order valence-corrected chi connectivity index (χ4v) is 1.80. The third-order valence-electron chi connectivity index (χ3n) is 2.77. The van der Waals surface area contributed by atoms with Crippen LogP contribution in [0, 0.1) is 5.82 Å². The summed E-state index contributed by atoms with van der Waals surface area (Å²) in [5.74, 6) is -0.213. The Kier molecular flexibility index (Phi) is 3.09. The van der Waals surface area contributed by atoms with E-state index >= 15 is 0 Å². The number of nitrogens with zero attached hydrogens (tertiary/aromatic N) is 1. The highest BCUT2D eigenvalue weighted by Gasteiger charge is 2.08. The maximum atomic E-state index is 13.1. The van der Waals surface area contributed by atoms with E-state index in [0.717, 1.165) is 16.3 Å². The quantitative estimate of drug-likeness (QED) is 0.778. The van der Waals surface area contributed by atoms with Crippen LogP contribution in [0.2, 0.25) is 0 Å². The molecule has 0 aromatic heterocycles. The molecule has 0 aliphatic heterocycles. The lowest BCUT2D eigenvalue weighted by Gasteiger charge is -2.11. The van der Waals surface area contributed by atoms with Crippen LogP contribution in [0.3, 0.4) is 0 Å². The largest absolute Gasteiger partial charge is 0.349 e. The first kappa shape index (κ1) is 11.6. The summed E-state index contributed by atoms with van der Waals surface area (Å²) in [6.07, 6.45) is 0.343. The first-order valence-corrected chi connectivity index (χ1v) is 5.45. The summed E-state index contributed by atoms with van der Waals surface area (Å²) in [7, 11) is 3.46. The molecule has 88 valence electrons. The minimum Gasteiger partial charge on any atom is -0.349 e. The summed E-state index contributed by atoms with van der Waals surface area (Å²) in [5.41, 5.74) is 0.932. The van der Waals surface area contributed by atoms with Gasteiger partial charge in [-0.25, -0.2) is 4.39 Å². The molecule has 0 atom stereocenters. The van der Waals surface area contributed by atoms with Gasteiger partial charge in [0.1, 0.15) is 5.82 Å². The number of benzene rings is 2. The molecule has 2 aromatic carbocycles. The molecule has 0 radical (unpaired) electrons. The molecule has 0 bridgehead atoms. The molecule has 0 aliphatic carbocycles. The summed E-state index contributed by atoms with van der Waals surface area (Å²) in [6.45, 7) is 0. The smallest absolute Gasteiger partial charge is 0.226 e. The van der Waals surface area contributed by atoms with Crippen molar-refractivity contribution in [2.24, 2.45) is 0 Å². The Morgan fingerprint density at radius 3 is 2.71 bits per heavy atom. The second-order valence-electron chi connectivity index (χ2n) is 4.25. The Morgan fingerprint density at radius 2 is 2.00 bits per heavy atom. The van der Waals surface area contributed by atoms with Crippen LogP contribution < -0.4 is 0 Å². The Balaban J connectivity index is 2.44. The lowest BCUT2D eigenvalue weighted by Crippen LogP contribution is -2.23. The summed E-state index contributed by atoms with van der Waals surface area (Å²) >= 11 is 0. The highest BCUT2D eigenvalue weighted by molar-refractivity contribution is 5.90. The number of likely N-dealkylation sites (N-methyl/N-ethyl adjacent to an activating group) is 1. The molecule has 1 amide bonds. The molecule has 0 heterocycles. The van der Waals surface area contributed by atoms with Crippen molar-refractivity contribution < 1.29 is 9.18 Å². The molecule has 2 rings (SSSR count). The van der Waals surface area contributed by atoms with E-state index in [1.807, 2.05) is 18.2 Å². The summed E-state index contributed by atoms with van der Waals surface area (Å²) < 4.78 is 13.1. The Labute approximate surface area is 99.7 Å². The van der Waals surface area contributed by atoms with Crippen LogP contribution in [0.15, 0.2) is 36.4 Å². The first-order chi connectivity index (χ1) is 8.08. The van der Waals surface area contributed by atoms with E-state index in [2.05, 4.69) is 0 Å². The summed E-state index contributed by atoms with van der Waals surface area (Å²) in [6, 6.07) is 10.2. The van der Waals surface area contributed by atoms with Crippen molar-refractivity contribution in [1.82, 2.24) is 4.90 Å². The molecule has 0 N–H and O–H groups in total. The van der Waals surface area contributed by atoms with Gasteiger partial charge in [-0.3, -0.25) is 4.79 Å². The van der Waals surface area contributed by atoms with E-state index < -0.39 is 0 Å². The van der Waals surface area contributed by atoms with Crippen LogP contribution in [0.4, 0.5) is 4.39 Å². The standard InChI is InChI=1S/C14H14FNO/c1-16(2)14(17)9-11-5-3-4-10-8-12(15)6-7-13(10)11/h3-8H,9H2,1-2H3. The van der Waals surface area contributed by atoms with Crippen molar-refractivity contribution in [3.05, 3.63) is 47.8 Å². The summed E-state index contributed by atoms with van der Waals surface area (Å²) in [4.78, 5) is 13.2. The molecule has 0 saturated heterocycles. The molecule has 0 saturated carbocycles. The minimum atomic E-state index is -0.256. The second-order valence-corrected chi connectivity index (χ2v) is 4.25. The zero-order valence-corrected chi connectivity index (χ0v) is 9.90. The highest BCUT2D eigenvalue weighted by Crippen LogP contribution is 2.20. The van der Waals surface area contributed by atoms with Crippen molar-refractivity contribution in [1.29, 1.82) is 0 Å². The van der Waals surface area contributed by atoms with Crippen LogP contribution in [0.25, 0.3) is 10.8 Å². The molecule has 0 spiro atoms. The van der Waals surface area contributed by atoms with Gasteiger partial charge in [-0.1, -0.05) is 24.3 Å². The van der Waals surface area contributed by atoms with Crippen LogP contribution in [-0.4, -0.2) is 24.9 Å². The highest BCUT2D eigenvalue weighted by atomic mass is 19.1. The zero-order valence-electron chi connectivity index (χ0n) is 9.90. The lowest BCUT2D eigenvalue weighted by molar-refractivity contribution is -0.127. The predicted octanol–water partition coefficient (Wildman–Crippen LogP) is 2.61. The predicted molar refractivity (Wildman–Crippen MR) is 66.3 cm³/mol. The number of carbonyl (C=O) groups is 1. The van der Waals surface area contributed by atoms with Crippen molar-refractivity contribution >= 4 is 16.7 Å². The van der Waals surface area contributed by atoms with Gasteiger partial charge in [0.15, 0.2) is 0 Å². The second kappa shape index (κ2) is 4.53. The molecule has 0 unspecified atom stereocenters. The van der Waals surface area contributed by atoms with E-state index in [-0.39, 0.29) is 11.7 Å². The summed E-state index contributed by atoms with van der Waals surface area (Å²) in [5, 5.41) is 1.76. The number of fused-ring (bicyclic) bond motifs is 1. The third kappa shape index (κ3) is 2.44. The number of amides is 1. The average Bonchev–Trinajstić information content (AvgIpc) is 2.28. The van der Waals surface area contributed by atoms with E-state index in [1.165, 1.54) is 12.1 Å². The zero-order chi connectivity index (χ0) is 12.4. The Hall–Kier alpha value is -1.90. The molecule has 0 fully saturated rings. The maximum absolute atomic E-state index is 13.1. The molecule has 2 nitrogen and oxygen atoms in total. The SMILES string of the molecule is CN(C)C(=O)Cc1cccc2cc(F)ccc12. The molecular formula is C14H14FNO.